The molecule has 0 aromatic carbocycles. The fourth-order valence-electron chi connectivity index (χ4n) is 2.96. The largest absolute Gasteiger partial charge is 0.370 e. The minimum Gasteiger partial charge on any atom is -0.370 e. The maximum Gasteiger partial charge on any atom is 0.134 e. The Labute approximate surface area is 123 Å². The van der Waals surface area contributed by atoms with Crippen molar-refractivity contribution in [3.05, 3.63) is 12.4 Å². The average molecular weight is 276 g/mol. The molecule has 1 aromatic rings. The molecule has 112 valence electrons. The summed E-state index contributed by atoms with van der Waals surface area (Å²) in [6.45, 7) is 7.69. The molecule has 1 aliphatic rings. The molecule has 4 heteroatoms. The van der Waals surface area contributed by atoms with E-state index >= 15 is 0 Å². The highest BCUT2D eigenvalue weighted by molar-refractivity contribution is 5.48. The van der Waals surface area contributed by atoms with Gasteiger partial charge in [-0.2, -0.15) is 0 Å². The third kappa shape index (κ3) is 4.36. The Balaban J connectivity index is 1.96. The lowest BCUT2D eigenvalue weighted by molar-refractivity contribution is 0.435. The maximum absolute atomic E-state index is 4.46. The number of anilines is 2. The van der Waals surface area contributed by atoms with Gasteiger partial charge in [0.05, 0.1) is 0 Å². The van der Waals surface area contributed by atoms with Gasteiger partial charge in [0.15, 0.2) is 0 Å². The van der Waals surface area contributed by atoms with Crippen molar-refractivity contribution < 1.29 is 0 Å². The third-order valence-electron chi connectivity index (χ3n) is 4.08. The van der Waals surface area contributed by atoms with Crippen molar-refractivity contribution in [1.29, 1.82) is 0 Å². The SMILES string of the molecule is CCCNc1cc(N2CCCC(CCC)CC2)ncn1. The first-order valence-electron chi connectivity index (χ1n) is 8.14. The molecular weight excluding hydrogens is 248 g/mol. The second-order valence-corrected chi connectivity index (χ2v) is 5.76. The zero-order valence-corrected chi connectivity index (χ0v) is 12.9. The van der Waals surface area contributed by atoms with Crippen LogP contribution in [-0.4, -0.2) is 29.6 Å². The number of rotatable bonds is 6. The molecule has 2 rings (SSSR count). The van der Waals surface area contributed by atoms with Gasteiger partial charge >= 0.3 is 0 Å². The van der Waals surface area contributed by atoms with Crippen molar-refractivity contribution in [2.24, 2.45) is 5.92 Å². The first-order valence-corrected chi connectivity index (χ1v) is 8.14. The first-order chi connectivity index (χ1) is 9.83. The molecule has 0 spiro atoms. The number of nitrogens with zero attached hydrogens (tertiary/aromatic N) is 3. The summed E-state index contributed by atoms with van der Waals surface area (Å²) in [6.07, 6.45) is 9.44. The summed E-state index contributed by atoms with van der Waals surface area (Å²) in [5.74, 6) is 2.94. The van der Waals surface area contributed by atoms with Gasteiger partial charge in [0.2, 0.25) is 0 Å². The molecule has 1 fully saturated rings. The quantitative estimate of drug-likeness (QED) is 0.860. The van der Waals surface area contributed by atoms with Gasteiger partial charge in [-0.15, -0.1) is 0 Å². The van der Waals surface area contributed by atoms with Gasteiger partial charge in [-0.1, -0.05) is 26.7 Å². The molecule has 0 bridgehead atoms. The molecule has 1 N–H and O–H groups in total. The van der Waals surface area contributed by atoms with Crippen LogP contribution in [0, 0.1) is 5.92 Å². The van der Waals surface area contributed by atoms with Crippen molar-refractivity contribution in [2.75, 3.05) is 29.9 Å². The van der Waals surface area contributed by atoms with E-state index in [0.29, 0.717) is 0 Å². The normalized spacial score (nSPS) is 19.7. The summed E-state index contributed by atoms with van der Waals surface area (Å²) in [7, 11) is 0. The summed E-state index contributed by atoms with van der Waals surface area (Å²) >= 11 is 0. The minimum absolute atomic E-state index is 0.907. The molecular formula is C16H28N4. The van der Waals surface area contributed by atoms with Crippen LogP contribution in [0.15, 0.2) is 12.4 Å². The van der Waals surface area contributed by atoms with Gasteiger partial charge in [-0.05, 0) is 31.6 Å². The van der Waals surface area contributed by atoms with Gasteiger partial charge in [0, 0.05) is 25.7 Å². The van der Waals surface area contributed by atoms with Crippen molar-refractivity contribution in [2.45, 2.75) is 52.4 Å². The first kappa shape index (κ1) is 15.1. The van der Waals surface area contributed by atoms with Crippen molar-refractivity contribution >= 4 is 11.6 Å². The minimum atomic E-state index is 0.907. The molecule has 20 heavy (non-hydrogen) atoms. The van der Waals surface area contributed by atoms with Gasteiger partial charge in [-0.3, -0.25) is 0 Å². The van der Waals surface area contributed by atoms with Crippen LogP contribution in [0.2, 0.25) is 0 Å². The highest BCUT2D eigenvalue weighted by atomic mass is 15.2. The van der Waals surface area contributed by atoms with E-state index in [9.17, 15) is 0 Å². The van der Waals surface area contributed by atoms with E-state index in [1.807, 2.05) is 0 Å². The van der Waals surface area contributed by atoms with E-state index in [4.69, 9.17) is 0 Å². The van der Waals surface area contributed by atoms with Crippen LogP contribution in [0.25, 0.3) is 0 Å². The summed E-state index contributed by atoms with van der Waals surface area (Å²) in [6, 6.07) is 2.09. The molecule has 2 heterocycles. The molecule has 0 saturated carbocycles. The molecule has 1 aliphatic heterocycles. The standard InChI is InChI=1S/C16H28N4/c1-3-6-14-7-5-10-20(11-8-14)16-12-15(17-9-4-2)18-13-19-16/h12-14H,3-11H2,1-2H3,(H,17,18,19). The predicted octanol–water partition coefficient (Wildman–Crippen LogP) is 3.71. The van der Waals surface area contributed by atoms with E-state index in [-0.39, 0.29) is 0 Å². The zero-order valence-electron chi connectivity index (χ0n) is 12.9. The molecule has 0 radical (unpaired) electrons. The Bertz CT molecular complexity index is 394. The van der Waals surface area contributed by atoms with Crippen LogP contribution >= 0.6 is 0 Å². The highest BCUT2D eigenvalue weighted by Crippen LogP contribution is 2.25. The molecule has 4 nitrogen and oxygen atoms in total. The van der Waals surface area contributed by atoms with Crippen LogP contribution in [-0.2, 0) is 0 Å². The second kappa shape index (κ2) is 8.08. The Morgan fingerprint density at radius 1 is 1.20 bits per heavy atom. The Hall–Kier alpha value is -1.32. The van der Waals surface area contributed by atoms with Gasteiger partial charge in [0.1, 0.15) is 18.0 Å². The van der Waals surface area contributed by atoms with Crippen LogP contribution in [0.5, 0.6) is 0 Å². The fraction of sp³-hybridized carbons (Fsp3) is 0.750. The smallest absolute Gasteiger partial charge is 0.134 e. The molecule has 1 unspecified atom stereocenters. The molecule has 1 atom stereocenters. The number of aromatic nitrogens is 2. The third-order valence-corrected chi connectivity index (χ3v) is 4.08. The Morgan fingerprint density at radius 3 is 2.90 bits per heavy atom. The highest BCUT2D eigenvalue weighted by Gasteiger charge is 2.17. The topological polar surface area (TPSA) is 41.0 Å². The maximum atomic E-state index is 4.46. The van der Waals surface area contributed by atoms with Gasteiger partial charge < -0.3 is 10.2 Å². The predicted molar refractivity (Wildman–Crippen MR) is 85.3 cm³/mol. The molecule has 1 aromatic heterocycles. The van der Waals surface area contributed by atoms with E-state index in [1.165, 1.54) is 32.1 Å². The van der Waals surface area contributed by atoms with Gasteiger partial charge in [-0.25, -0.2) is 9.97 Å². The molecule has 0 amide bonds. The van der Waals surface area contributed by atoms with Crippen molar-refractivity contribution in [3.63, 3.8) is 0 Å². The molecule has 1 saturated heterocycles. The fourth-order valence-corrected chi connectivity index (χ4v) is 2.96. The summed E-state index contributed by atoms with van der Waals surface area (Å²) in [5, 5.41) is 3.34. The van der Waals surface area contributed by atoms with Crippen molar-refractivity contribution in [1.82, 2.24) is 9.97 Å². The lowest BCUT2D eigenvalue weighted by Gasteiger charge is -2.22. The summed E-state index contributed by atoms with van der Waals surface area (Å²) in [5.41, 5.74) is 0. The molecule has 0 aliphatic carbocycles. The van der Waals surface area contributed by atoms with E-state index in [0.717, 1.165) is 43.6 Å². The van der Waals surface area contributed by atoms with Crippen LogP contribution in [0.1, 0.15) is 52.4 Å². The Kier molecular flexibility index (Phi) is 6.09. The summed E-state index contributed by atoms with van der Waals surface area (Å²) < 4.78 is 0. The van der Waals surface area contributed by atoms with Crippen LogP contribution in [0.3, 0.4) is 0 Å². The number of hydrogen-bond donors (Lipinski definition) is 1. The van der Waals surface area contributed by atoms with Crippen LogP contribution < -0.4 is 10.2 Å². The zero-order chi connectivity index (χ0) is 14.2. The summed E-state index contributed by atoms with van der Waals surface area (Å²) in [4.78, 5) is 11.2. The van der Waals surface area contributed by atoms with Crippen molar-refractivity contribution in [3.8, 4) is 0 Å². The monoisotopic (exact) mass is 276 g/mol. The van der Waals surface area contributed by atoms with E-state index in [1.54, 1.807) is 6.33 Å². The van der Waals surface area contributed by atoms with Gasteiger partial charge in [0.25, 0.3) is 0 Å². The average Bonchev–Trinajstić information content (AvgIpc) is 2.72. The second-order valence-electron chi connectivity index (χ2n) is 5.76. The van der Waals surface area contributed by atoms with E-state index < -0.39 is 0 Å². The Morgan fingerprint density at radius 2 is 2.10 bits per heavy atom. The number of hydrogen-bond acceptors (Lipinski definition) is 4. The van der Waals surface area contributed by atoms with Crippen LogP contribution in [0.4, 0.5) is 11.6 Å². The number of nitrogens with one attached hydrogen (secondary N) is 1. The lowest BCUT2D eigenvalue weighted by atomic mass is 9.96. The lowest BCUT2D eigenvalue weighted by Crippen LogP contribution is -2.25. The van der Waals surface area contributed by atoms with E-state index in [2.05, 4.69) is 40.1 Å².